The summed E-state index contributed by atoms with van der Waals surface area (Å²) in [6, 6.07) is 5.63. The fourth-order valence-corrected chi connectivity index (χ4v) is 1.72. The number of hydrogen-bond donors (Lipinski definition) is 0. The van der Waals surface area contributed by atoms with E-state index in [1.54, 1.807) is 0 Å². The van der Waals surface area contributed by atoms with E-state index in [9.17, 15) is 22.8 Å². The van der Waals surface area contributed by atoms with Gasteiger partial charge in [-0.2, -0.15) is 18.3 Å². The van der Waals surface area contributed by atoms with E-state index >= 15 is 0 Å². The molecule has 0 aliphatic heterocycles. The Morgan fingerprint density at radius 1 is 1.25 bits per heavy atom. The van der Waals surface area contributed by atoms with Gasteiger partial charge in [0.25, 0.3) is 0 Å². The summed E-state index contributed by atoms with van der Waals surface area (Å²) in [6.07, 6.45) is -4.21. The predicted molar refractivity (Wildman–Crippen MR) is 65.0 cm³/mol. The first-order valence-corrected chi connectivity index (χ1v) is 5.56. The molecule has 0 radical (unpaired) electrons. The van der Waals surface area contributed by atoms with Crippen LogP contribution in [0.25, 0.3) is 5.69 Å². The third kappa shape index (κ3) is 2.61. The zero-order valence-electron chi connectivity index (χ0n) is 10.3. The van der Waals surface area contributed by atoms with Crippen LogP contribution in [0.1, 0.15) is 21.7 Å². The Balaban J connectivity index is 2.63. The second kappa shape index (κ2) is 4.92. The summed E-state index contributed by atoms with van der Waals surface area (Å²) in [5, 5.41) is 3.75. The van der Waals surface area contributed by atoms with Crippen molar-refractivity contribution < 1.29 is 18.0 Å². The zero-order valence-corrected chi connectivity index (χ0v) is 10.3. The lowest BCUT2D eigenvalue weighted by molar-refractivity contribution is -0.137. The number of aldehydes is 1. The monoisotopic (exact) mass is 282 g/mol. The molecule has 0 fully saturated rings. The highest BCUT2D eigenvalue weighted by Gasteiger charge is 2.30. The molecule has 2 aromatic rings. The molecular formula is C13H9F3N2O2. The van der Waals surface area contributed by atoms with Crippen LogP contribution in [0.15, 0.2) is 35.1 Å². The number of alkyl halides is 3. The first-order chi connectivity index (χ1) is 9.32. The van der Waals surface area contributed by atoms with E-state index in [0.717, 1.165) is 22.9 Å². The van der Waals surface area contributed by atoms with Crippen molar-refractivity contribution in [1.82, 2.24) is 9.78 Å². The van der Waals surface area contributed by atoms with Crippen molar-refractivity contribution in [3.63, 3.8) is 0 Å². The van der Waals surface area contributed by atoms with Gasteiger partial charge in [0.15, 0.2) is 12.0 Å². The highest BCUT2D eigenvalue weighted by Crippen LogP contribution is 2.30. The molecule has 4 nitrogen and oxygen atoms in total. The number of carbonyl (C=O) groups excluding carboxylic acids is 1. The number of nitrogens with zero attached hydrogens (tertiary/aromatic N) is 2. The predicted octanol–water partition coefficient (Wildman–Crippen LogP) is 2.37. The van der Waals surface area contributed by atoms with Gasteiger partial charge in [-0.25, -0.2) is 4.68 Å². The normalized spacial score (nSPS) is 11.4. The van der Waals surface area contributed by atoms with E-state index < -0.39 is 17.2 Å². The Labute approximate surface area is 111 Å². The van der Waals surface area contributed by atoms with Crippen molar-refractivity contribution in [3.8, 4) is 5.69 Å². The summed E-state index contributed by atoms with van der Waals surface area (Å²) in [6.45, 7) is 1.52. The first-order valence-electron chi connectivity index (χ1n) is 5.56. The van der Waals surface area contributed by atoms with E-state index in [4.69, 9.17) is 0 Å². The van der Waals surface area contributed by atoms with Crippen LogP contribution in [0, 0.1) is 6.92 Å². The maximum atomic E-state index is 12.7. The number of benzene rings is 1. The molecule has 0 aliphatic carbocycles. The maximum absolute atomic E-state index is 12.7. The van der Waals surface area contributed by atoms with Gasteiger partial charge >= 0.3 is 6.18 Å². The molecule has 0 aliphatic rings. The molecule has 0 saturated carbocycles. The van der Waals surface area contributed by atoms with Gasteiger partial charge in [-0.15, -0.1) is 0 Å². The average Bonchev–Trinajstić information content (AvgIpc) is 2.38. The molecule has 104 valence electrons. The summed E-state index contributed by atoms with van der Waals surface area (Å²) in [4.78, 5) is 22.1. The molecule has 1 aromatic heterocycles. The van der Waals surface area contributed by atoms with E-state index in [0.29, 0.717) is 5.69 Å². The zero-order chi connectivity index (χ0) is 14.9. The fourth-order valence-electron chi connectivity index (χ4n) is 1.72. The third-order valence-electron chi connectivity index (χ3n) is 2.66. The third-order valence-corrected chi connectivity index (χ3v) is 2.66. The molecule has 0 N–H and O–H groups in total. The Hall–Kier alpha value is -2.44. The summed E-state index contributed by atoms with van der Waals surface area (Å²) >= 11 is 0. The Bertz CT molecular complexity index is 720. The summed E-state index contributed by atoms with van der Waals surface area (Å²) in [5.74, 6) is 0. The van der Waals surface area contributed by atoms with Gasteiger partial charge in [0.2, 0.25) is 5.43 Å². The average molecular weight is 282 g/mol. The van der Waals surface area contributed by atoms with Gasteiger partial charge in [-0.05, 0) is 25.1 Å². The number of aromatic nitrogens is 2. The summed E-state index contributed by atoms with van der Waals surface area (Å²) in [5.41, 5.74) is -1.29. The largest absolute Gasteiger partial charge is 0.416 e. The van der Waals surface area contributed by atoms with E-state index in [1.807, 2.05) is 0 Å². The number of halogens is 3. The van der Waals surface area contributed by atoms with Crippen LogP contribution in [0.5, 0.6) is 0 Å². The minimum atomic E-state index is -4.48. The van der Waals surface area contributed by atoms with Gasteiger partial charge in [0.1, 0.15) is 0 Å². The van der Waals surface area contributed by atoms with E-state index in [-0.39, 0.29) is 17.7 Å². The van der Waals surface area contributed by atoms with Crippen LogP contribution in [0.2, 0.25) is 0 Å². The summed E-state index contributed by atoms with van der Waals surface area (Å²) < 4.78 is 39.1. The van der Waals surface area contributed by atoms with Crippen molar-refractivity contribution in [2.75, 3.05) is 0 Å². The van der Waals surface area contributed by atoms with Crippen LogP contribution >= 0.6 is 0 Å². The number of rotatable bonds is 2. The van der Waals surface area contributed by atoms with Gasteiger partial charge in [-0.1, -0.05) is 6.07 Å². The quantitative estimate of drug-likeness (QED) is 0.795. The molecule has 0 amide bonds. The highest BCUT2D eigenvalue weighted by atomic mass is 19.4. The van der Waals surface area contributed by atoms with Gasteiger partial charge < -0.3 is 0 Å². The topological polar surface area (TPSA) is 52.0 Å². The van der Waals surface area contributed by atoms with Gasteiger partial charge in [0, 0.05) is 11.8 Å². The highest BCUT2D eigenvalue weighted by molar-refractivity contribution is 5.71. The minimum absolute atomic E-state index is 0.125. The molecule has 0 spiro atoms. The number of carbonyl (C=O) groups is 1. The first kappa shape index (κ1) is 14.0. The van der Waals surface area contributed by atoms with Gasteiger partial charge in [-0.3, -0.25) is 9.59 Å². The second-order valence-corrected chi connectivity index (χ2v) is 4.11. The molecule has 0 saturated heterocycles. The van der Waals surface area contributed by atoms with Crippen LogP contribution in [0.3, 0.4) is 0 Å². The van der Waals surface area contributed by atoms with Crippen molar-refractivity contribution >= 4 is 6.29 Å². The summed E-state index contributed by atoms with van der Waals surface area (Å²) in [7, 11) is 0. The fraction of sp³-hybridized carbons (Fsp3) is 0.154. The molecule has 7 heteroatoms. The van der Waals surface area contributed by atoms with Crippen molar-refractivity contribution in [2.45, 2.75) is 13.1 Å². The van der Waals surface area contributed by atoms with Crippen LogP contribution in [-0.2, 0) is 6.18 Å². The lowest BCUT2D eigenvalue weighted by Crippen LogP contribution is -2.18. The molecule has 0 atom stereocenters. The van der Waals surface area contributed by atoms with Crippen LogP contribution in [-0.4, -0.2) is 16.1 Å². The Kier molecular flexibility index (Phi) is 3.44. The lowest BCUT2D eigenvalue weighted by atomic mass is 10.2. The maximum Gasteiger partial charge on any atom is 0.416 e. The number of aryl methyl sites for hydroxylation is 1. The van der Waals surface area contributed by atoms with Gasteiger partial charge in [0.05, 0.1) is 11.3 Å². The SMILES string of the molecule is Cc1cc(=O)c(C=O)nn1-c1cccc(C(F)(F)F)c1. The Morgan fingerprint density at radius 2 is 1.95 bits per heavy atom. The van der Waals surface area contributed by atoms with E-state index in [1.165, 1.54) is 19.1 Å². The van der Waals surface area contributed by atoms with Crippen LogP contribution < -0.4 is 5.43 Å². The molecular weight excluding hydrogens is 273 g/mol. The standard InChI is InChI=1S/C13H9F3N2O2/c1-8-5-12(20)11(7-19)17-18(8)10-4-2-3-9(6-10)13(14,15)16/h2-7H,1H3. The molecule has 1 aromatic carbocycles. The molecule has 1 heterocycles. The minimum Gasteiger partial charge on any atom is -0.296 e. The van der Waals surface area contributed by atoms with Crippen molar-refractivity contribution in [1.29, 1.82) is 0 Å². The molecule has 2 rings (SSSR count). The molecule has 0 bridgehead atoms. The van der Waals surface area contributed by atoms with Crippen molar-refractivity contribution in [2.24, 2.45) is 0 Å². The molecule has 20 heavy (non-hydrogen) atoms. The second-order valence-electron chi connectivity index (χ2n) is 4.11. The van der Waals surface area contributed by atoms with Crippen LogP contribution in [0.4, 0.5) is 13.2 Å². The van der Waals surface area contributed by atoms with E-state index in [2.05, 4.69) is 5.10 Å². The Morgan fingerprint density at radius 3 is 2.55 bits per heavy atom. The number of hydrogen-bond acceptors (Lipinski definition) is 3. The van der Waals surface area contributed by atoms with Crippen molar-refractivity contribution in [3.05, 3.63) is 57.5 Å². The lowest BCUT2D eigenvalue weighted by Gasteiger charge is -2.12. The smallest absolute Gasteiger partial charge is 0.296 e. The molecule has 0 unspecified atom stereocenters.